The lowest BCUT2D eigenvalue weighted by atomic mass is 9.86. The number of nitrogens with one attached hydrogen (secondary N) is 2. The molecule has 4 nitrogen and oxygen atoms in total. The molecule has 0 aliphatic carbocycles. The first kappa shape index (κ1) is 21.3. The number of amides is 2. The third-order valence-corrected chi connectivity index (χ3v) is 5.08. The predicted octanol–water partition coefficient (Wildman–Crippen LogP) is 5.73. The number of benzene rings is 3. The van der Waals surface area contributed by atoms with E-state index < -0.39 is 0 Å². The summed E-state index contributed by atoms with van der Waals surface area (Å²) in [5.74, 6) is -0.475. The van der Waals surface area contributed by atoms with Crippen LogP contribution in [0.25, 0.3) is 0 Å². The average Bonchev–Trinajstić information content (AvgIpc) is 2.74. The van der Waals surface area contributed by atoms with Crippen molar-refractivity contribution in [3.63, 3.8) is 0 Å². The Morgan fingerprint density at radius 2 is 1.37 bits per heavy atom. The number of hydrogen-bond donors (Lipinski definition) is 2. The minimum Gasteiger partial charge on any atom is -0.345 e. The first-order valence-corrected chi connectivity index (χ1v) is 10.1. The van der Waals surface area contributed by atoms with Gasteiger partial charge in [0.05, 0.1) is 17.3 Å². The molecule has 0 saturated carbocycles. The van der Waals surface area contributed by atoms with Crippen molar-refractivity contribution in [1.29, 1.82) is 0 Å². The fourth-order valence-electron chi connectivity index (χ4n) is 3.21. The van der Waals surface area contributed by atoms with Gasteiger partial charge in [-0.25, -0.2) is 0 Å². The summed E-state index contributed by atoms with van der Waals surface area (Å²) >= 11 is 0. The Hall–Kier alpha value is -3.40. The number of carbonyl (C=O) groups excluding carboxylic acids is 2. The van der Waals surface area contributed by atoms with Crippen LogP contribution in [0.1, 0.15) is 65.6 Å². The summed E-state index contributed by atoms with van der Waals surface area (Å²) < 4.78 is 0. The summed E-state index contributed by atoms with van der Waals surface area (Å²) in [4.78, 5) is 25.6. The Morgan fingerprint density at radius 3 is 2.00 bits per heavy atom. The van der Waals surface area contributed by atoms with Crippen LogP contribution in [-0.2, 0) is 5.41 Å². The van der Waals surface area contributed by atoms with Crippen LogP contribution in [0.5, 0.6) is 0 Å². The van der Waals surface area contributed by atoms with E-state index in [0.717, 1.165) is 11.1 Å². The Balaban J connectivity index is 1.75. The van der Waals surface area contributed by atoms with Gasteiger partial charge in [-0.1, -0.05) is 75.4 Å². The lowest BCUT2D eigenvalue weighted by molar-refractivity contribution is 0.0941. The lowest BCUT2D eigenvalue weighted by Gasteiger charge is -2.19. The van der Waals surface area contributed by atoms with Gasteiger partial charge in [0.25, 0.3) is 11.8 Å². The van der Waals surface area contributed by atoms with E-state index in [4.69, 9.17) is 0 Å². The Morgan fingerprint density at radius 1 is 0.767 bits per heavy atom. The molecule has 0 heterocycles. The van der Waals surface area contributed by atoms with Crippen LogP contribution >= 0.6 is 0 Å². The fraction of sp³-hybridized carbons (Fsp3) is 0.231. The Kier molecular flexibility index (Phi) is 6.36. The van der Waals surface area contributed by atoms with E-state index in [1.54, 1.807) is 24.3 Å². The molecule has 0 aliphatic heterocycles. The van der Waals surface area contributed by atoms with Gasteiger partial charge >= 0.3 is 0 Å². The zero-order chi connectivity index (χ0) is 21.7. The first-order chi connectivity index (χ1) is 14.3. The number of hydrogen-bond acceptors (Lipinski definition) is 2. The summed E-state index contributed by atoms with van der Waals surface area (Å²) in [6.45, 7) is 8.33. The monoisotopic (exact) mass is 400 g/mol. The maximum Gasteiger partial charge on any atom is 0.255 e. The van der Waals surface area contributed by atoms with Crippen LogP contribution in [0, 0.1) is 0 Å². The van der Waals surface area contributed by atoms with Gasteiger partial charge < -0.3 is 10.6 Å². The third kappa shape index (κ3) is 5.15. The molecule has 0 fully saturated rings. The minimum absolute atomic E-state index is 0.0230. The Labute approximate surface area is 178 Å². The highest BCUT2D eigenvalue weighted by atomic mass is 16.2. The SMILES string of the molecule is C[C@H](NC(=O)c1ccccc1NC(=O)c1ccc(C(C)(C)C)cc1)c1ccccc1. The molecule has 0 aliphatic rings. The highest BCUT2D eigenvalue weighted by molar-refractivity contribution is 6.09. The molecule has 2 amide bonds. The number of para-hydroxylation sites is 1. The number of rotatable bonds is 5. The largest absolute Gasteiger partial charge is 0.345 e. The molecule has 0 radical (unpaired) electrons. The lowest BCUT2D eigenvalue weighted by Crippen LogP contribution is -2.28. The standard InChI is InChI=1S/C26H28N2O2/c1-18(19-10-6-5-7-11-19)27-25(30)22-12-8-9-13-23(22)28-24(29)20-14-16-21(17-15-20)26(2,3)4/h5-18H,1-4H3,(H,27,30)(H,28,29)/t18-/m0/s1. The Bertz CT molecular complexity index is 1020. The van der Waals surface area contributed by atoms with Crippen molar-refractivity contribution in [1.82, 2.24) is 5.32 Å². The van der Waals surface area contributed by atoms with Crippen LogP contribution in [0.2, 0.25) is 0 Å². The van der Waals surface area contributed by atoms with Gasteiger partial charge in [-0.2, -0.15) is 0 Å². The zero-order valence-electron chi connectivity index (χ0n) is 17.9. The topological polar surface area (TPSA) is 58.2 Å². The molecule has 3 aromatic rings. The maximum atomic E-state index is 12.9. The van der Waals surface area contributed by atoms with Crippen molar-refractivity contribution in [2.24, 2.45) is 0 Å². The highest BCUT2D eigenvalue weighted by Crippen LogP contribution is 2.23. The minimum atomic E-state index is -0.244. The van der Waals surface area contributed by atoms with Gasteiger partial charge in [-0.15, -0.1) is 0 Å². The third-order valence-electron chi connectivity index (χ3n) is 5.08. The second-order valence-corrected chi connectivity index (χ2v) is 8.43. The van der Waals surface area contributed by atoms with E-state index in [1.807, 2.05) is 61.5 Å². The van der Waals surface area contributed by atoms with E-state index in [1.165, 1.54) is 0 Å². The van der Waals surface area contributed by atoms with Crippen molar-refractivity contribution in [2.45, 2.75) is 39.2 Å². The van der Waals surface area contributed by atoms with Crippen LogP contribution in [0.15, 0.2) is 78.9 Å². The van der Waals surface area contributed by atoms with E-state index in [-0.39, 0.29) is 23.3 Å². The molecule has 0 spiro atoms. The van der Waals surface area contributed by atoms with Crippen LogP contribution in [-0.4, -0.2) is 11.8 Å². The summed E-state index contributed by atoms with van der Waals surface area (Å²) in [5.41, 5.74) is 3.67. The summed E-state index contributed by atoms with van der Waals surface area (Å²) in [6, 6.07) is 24.2. The van der Waals surface area contributed by atoms with Crippen LogP contribution in [0.4, 0.5) is 5.69 Å². The van der Waals surface area contributed by atoms with Crippen molar-refractivity contribution in [3.05, 3.63) is 101 Å². The van der Waals surface area contributed by atoms with Crippen molar-refractivity contribution >= 4 is 17.5 Å². The molecular formula is C26H28N2O2. The number of carbonyl (C=O) groups is 2. The van der Waals surface area contributed by atoms with Gasteiger partial charge in [0.15, 0.2) is 0 Å². The van der Waals surface area contributed by atoms with Gasteiger partial charge in [0.2, 0.25) is 0 Å². The molecule has 0 unspecified atom stereocenters. The van der Waals surface area contributed by atoms with Crippen LogP contribution in [0.3, 0.4) is 0 Å². The van der Waals surface area contributed by atoms with Crippen molar-refractivity contribution in [2.75, 3.05) is 5.32 Å². The van der Waals surface area contributed by atoms with E-state index >= 15 is 0 Å². The second kappa shape index (κ2) is 8.95. The quantitative estimate of drug-likeness (QED) is 0.575. The summed E-state index contributed by atoms with van der Waals surface area (Å²) in [7, 11) is 0. The van der Waals surface area contributed by atoms with Gasteiger partial charge in [-0.3, -0.25) is 9.59 Å². The summed E-state index contributed by atoms with van der Waals surface area (Å²) in [6.07, 6.45) is 0. The molecule has 30 heavy (non-hydrogen) atoms. The molecule has 2 N–H and O–H groups in total. The molecule has 154 valence electrons. The molecule has 0 saturated heterocycles. The smallest absolute Gasteiger partial charge is 0.255 e. The molecule has 3 rings (SSSR count). The summed E-state index contributed by atoms with van der Waals surface area (Å²) in [5, 5.41) is 5.88. The van der Waals surface area contributed by atoms with Gasteiger partial charge in [-0.05, 0) is 47.7 Å². The normalized spacial score (nSPS) is 12.1. The van der Waals surface area contributed by atoms with E-state index in [9.17, 15) is 9.59 Å². The predicted molar refractivity (Wildman–Crippen MR) is 122 cm³/mol. The fourth-order valence-corrected chi connectivity index (χ4v) is 3.21. The van der Waals surface area contributed by atoms with Crippen molar-refractivity contribution in [3.8, 4) is 0 Å². The van der Waals surface area contributed by atoms with Crippen LogP contribution < -0.4 is 10.6 Å². The highest BCUT2D eigenvalue weighted by Gasteiger charge is 2.18. The molecular weight excluding hydrogens is 372 g/mol. The first-order valence-electron chi connectivity index (χ1n) is 10.1. The van der Waals surface area contributed by atoms with E-state index in [2.05, 4.69) is 31.4 Å². The average molecular weight is 401 g/mol. The molecule has 3 aromatic carbocycles. The maximum absolute atomic E-state index is 12.9. The van der Waals surface area contributed by atoms with E-state index in [0.29, 0.717) is 16.8 Å². The molecule has 4 heteroatoms. The van der Waals surface area contributed by atoms with Gasteiger partial charge in [0.1, 0.15) is 0 Å². The van der Waals surface area contributed by atoms with Gasteiger partial charge in [0, 0.05) is 5.56 Å². The number of anilines is 1. The molecule has 0 bridgehead atoms. The molecule has 0 aromatic heterocycles. The molecule has 1 atom stereocenters. The zero-order valence-corrected chi connectivity index (χ0v) is 17.9. The second-order valence-electron chi connectivity index (χ2n) is 8.43. The van der Waals surface area contributed by atoms with Crippen molar-refractivity contribution < 1.29 is 9.59 Å².